The van der Waals surface area contributed by atoms with Gasteiger partial charge in [-0.15, -0.1) is 0 Å². The number of aromatic nitrogens is 1. The third-order valence-corrected chi connectivity index (χ3v) is 8.49. The maximum atomic E-state index is 15.4. The van der Waals surface area contributed by atoms with Gasteiger partial charge >= 0.3 is 6.03 Å². The van der Waals surface area contributed by atoms with Gasteiger partial charge in [0.25, 0.3) is 5.91 Å². The van der Waals surface area contributed by atoms with Gasteiger partial charge in [-0.25, -0.2) is 14.1 Å². The molecule has 10 nitrogen and oxygen atoms in total. The molecule has 3 heterocycles. The Labute approximate surface area is 275 Å². The Balaban J connectivity index is 1.14. The number of imide groups is 1. The summed E-state index contributed by atoms with van der Waals surface area (Å²) in [5.41, 5.74) is 1.37. The van der Waals surface area contributed by atoms with Crippen LogP contribution in [-0.4, -0.2) is 79.8 Å². The normalized spacial score (nSPS) is 15.6. The Morgan fingerprint density at radius 3 is 2.52 bits per heavy atom. The highest BCUT2D eigenvalue weighted by Gasteiger charge is 2.37. The van der Waals surface area contributed by atoms with E-state index in [1.165, 1.54) is 17.0 Å². The number of halogens is 3. The van der Waals surface area contributed by atoms with Gasteiger partial charge < -0.3 is 23.8 Å². The fourth-order valence-corrected chi connectivity index (χ4v) is 5.72. The number of ether oxygens (including phenoxy) is 4. The number of methoxy groups -OCH3 is 1. The maximum absolute atomic E-state index is 15.4. The SMILES string of the molecule is COc1cc2c(Oc3ccc(N4C(=O)CN(Cc5ccc(Cl)c(Cl)c5)C4=O)cc3F)ccnc2cc1OCCCN1CCOCC1. The van der Waals surface area contributed by atoms with E-state index < -0.39 is 17.8 Å². The van der Waals surface area contributed by atoms with Gasteiger partial charge in [-0.3, -0.25) is 14.7 Å². The van der Waals surface area contributed by atoms with E-state index in [1.54, 1.807) is 49.7 Å². The first-order valence-corrected chi connectivity index (χ1v) is 15.5. The Hall–Kier alpha value is -4.16. The molecular weight excluding hydrogens is 638 g/mol. The Morgan fingerprint density at radius 1 is 0.935 bits per heavy atom. The van der Waals surface area contributed by atoms with E-state index >= 15 is 4.39 Å². The summed E-state index contributed by atoms with van der Waals surface area (Å²) in [5, 5.41) is 1.32. The topological polar surface area (TPSA) is 93.7 Å². The lowest BCUT2D eigenvalue weighted by molar-refractivity contribution is -0.116. The molecule has 3 aromatic carbocycles. The van der Waals surface area contributed by atoms with Crippen LogP contribution in [0.15, 0.2) is 60.8 Å². The number of amides is 3. The second-order valence-electron chi connectivity index (χ2n) is 10.8. The number of fused-ring (bicyclic) bond motifs is 1. The van der Waals surface area contributed by atoms with E-state index in [4.69, 9.17) is 42.1 Å². The van der Waals surface area contributed by atoms with Crippen LogP contribution in [0.25, 0.3) is 10.9 Å². The third kappa shape index (κ3) is 6.97. The van der Waals surface area contributed by atoms with Crippen LogP contribution in [0, 0.1) is 5.82 Å². The van der Waals surface area contributed by atoms with E-state index in [0.717, 1.165) is 50.2 Å². The molecule has 240 valence electrons. The van der Waals surface area contributed by atoms with Gasteiger partial charge in [0, 0.05) is 49.9 Å². The summed E-state index contributed by atoms with van der Waals surface area (Å²) < 4.78 is 38.4. The second-order valence-corrected chi connectivity index (χ2v) is 11.6. The van der Waals surface area contributed by atoms with Gasteiger partial charge in [-0.1, -0.05) is 29.3 Å². The largest absolute Gasteiger partial charge is 0.493 e. The van der Waals surface area contributed by atoms with Crippen LogP contribution in [0.4, 0.5) is 14.9 Å². The molecule has 0 radical (unpaired) electrons. The van der Waals surface area contributed by atoms with Gasteiger partial charge in [0.2, 0.25) is 0 Å². The molecule has 2 saturated heterocycles. The highest BCUT2D eigenvalue weighted by molar-refractivity contribution is 6.42. The van der Waals surface area contributed by atoms with Crippen LogP contribution < -0.4 is 19.1 Å². The molecule has 46 heavy (non-hydrogen) atoms. The van der Waals surface area contributed by atoms with Crippen molar-refractivity contribution < 1.29 is 32.9 Å². The van der Waals surface area contributed by atoms with E-state index in [0.29, 0.717) is 50.4 Å². The molecule has 4 aromatic rings. The first-order chi connectivity index (χ1) is 22.3. The Morgan fingerprint density at radius 2 is 1.76 bits per heavy atom. The molecule has 0 spiro atoms. The van der Waals surface area contributed by atoms with Crippen molar-refractivity contribution in [2.45, 2.75) is 13.0 Å². The van der Waals surface area contributed by atoms with E-state index in [-0.39, 0.29) is 24.5 Å². The highest BCUT2D eigenvalue weighted by Crippen LogP contribution is 2.38. The van der Waals surface area contributed by atoms with E-state index in [1.807, 2.05) is 0 Å². The molecule has 0 atom stereocenters. The zero-order valence-electron chi connectivity index (χ0n) is 25.0. The zero-order chi connectivity index (χ0) is 32.2. The second kappa shape index (κ2) is 14.1. The number of anilines is 1. The Kier molecular flexibility index (Phi) is 9.74. The van der Waals surface area contributed by atoms with Gasteiger partial charge in [0.1, 0.15) is 12.3 Å². The molecule has 6 rings (SSSR count). The van der Waals surface area contributed by atoms with Crippen molar-refractivity contribution in [3.05, 3.63) is 82.2 Å². The predicted octanol–water partition coefficient (Wildman–Crippen LogP) is 6.55. The first kappa shape index (κ1) is 31.8. The summed E-state index contributed by atoms with van der Waals surface area (Å²) in [6.45, 7) is 4.74. The molecule has 1 aromatic heterocycles. The van der Waals surface area contributed by atoms with Crippen LogP contribution in [0.5, 0.6) is 23.0 Å². The summed E-state index contributed by atoms with van der Waals surface area (Å²) in [4.78, 5) is 35.0. The number of morpholine rings is 1. The molecule has 2 aliphatic heterocycles. The van der Waals surface area contributed by atoms with Crippen molar-refractivity contribution in [3.8, 4) is 23.0 Å². The first-order valence-electron chi connectivity index (χ1n) is 14.7. The lowest BCUT2D eigenvalue weighted by Gasteiger charge is -2.26. The minimum atomic E-state index is -0.752. The fourth-order valence-electron chi connectivity index (χ4n) is 5.40. The monoisotopic (exact) mass is 668 g/mol. The number of nitrogens with zero attached hydrogens (tertiary/aromatic N) is 4. The van der Waals surface area contributed by atoms with Crippen LogP contribution in [-0.2, 0) is 16.1 Å². The molecule has 0 saturated carbocycles. The smallest absolute Gasteiger partial charge is 0.332 e. The molecule has 3 amide bonds. The molecule has 0 bridgehead atoms. The van der Waals surface area contributed by atoms with Crippen molar-refractivity contribution in [3.63, 3.8) is 0 Å². The summed E-state index contributed by atoms with van der Waals surface area (Å²) in [7, 11) is 1.55. The van der Waals surface area contributed by atoms with Crippen LogP contribution in [0.3, 0.4) is 0 Å². The highest BCUT2D eigenvalue weighted by atomic mass is 35.5. The lowest BCUT2D eigenvalue weighted by Crippen LogP contribution is -2.37. The number of carbonyl (C=O) groups is 2. The number of urea groups is 1. The van der Waals surface area contributed by atoms with Crippen molar-refractivity contribution in [1.82, 2.24) is 14.8 Å². The number of hydrogen-bond donors (Lipinski definition) is 0. The summed E-state index contributed by atoms with van der Waals surface area (Å²) in [6, 6.07) is 13.5. The maximum Gasteiger partial charge on any atom is 0.332 e. The molecular formula is C33H31Cl2FN4O6. The number of pyridine rings is 1. The van der Waals surface area contributed by atoms with Crippen molar-refractivity contribution in [1.29, 1.82) is 0 Å². The summed E-state index contributed by atoms with van der Waals surface area (Å²) >= 11 is 12.1. The van der Waals surface area contributed by atoms with Gasteiger partial charge in [0.05, 0.1) is 48.2 Å². The van der Waals surface area contributed by atoms with Crippen molar-refractivity contribution in [2.75, 3.05) is 58.0 Å². The molecule has 2 aliphatic rings. The summed E-state index contributed by atoms with van der Waals surface area (Å²) in [5.74, 6) is 0.0531. The number of rotatable bonds is 11. The van der Waals surface area contributed by atoms with Crippen LogP contribution in [0.1, 0.15) is 12.0 Å². The van der Waals surface area contributed by atoms with Crippen molar-refractivity contribution >= 4 is 51.7 Å². The fraction of sp³-hybridized carbons (Fsp3) is 0.303. The minimum absolute atomic E-state index is 0.0909. The minimum Gasteiger partial charge on any atom is -0.493 e. The summed E-state index contributed by atoms with van der Waals surface area (Å²) in [6.07, 6.45) is 2.40. The van der Waals surface area contributed by atoms with E-state index in [9.17, 15) is 9.59 Å². The quantitative estimate of drug-likeness (QED) is 0.131. The average Bonchev–Trinajstić information content (AvgIpc) is 3.33. The molecule has 2 fully saturated rings. The van der Waals surface area contributed by atoms with Gasteiger partial charge in [-0.05, 0) is 48.4 Å². The number of carbonyl (C=O) groups excluding carboxylic acids is 2. The Bertz CT molecular complexity index is 1770. The van der Waals surface area contributed by atoms with Gasteiger partial charge in [0.15, 0.2) is 23.1 Å². The number of benzene rings is 3. The van der Waals surface area contributed by atoms with Crippen molar-refractivity contribution in [2.24, 2.45) is 0 Å². The standard InChI is InChI=1S/C33H31Cl2FN4O6/c1-43-30-17-23-27(18-31(30)45-12-2-9-38-10-13-44-14-11-38)37-8-7-28(23)46-29-6-4-22(16-26(29)36)40-32(41)20-39(33(40)42)19-21-3-5-24(34)25(35)15-21/h3-8,15-18H,2,9-14,19-20H2,1H3. The van der Waals surface area contributed by atoms with Crippen LogP contribution in [0.2, 0.25) is 10.0 Å². The zero-order valence-corrected chi connectivity index (χ0v) is 26.5. The average molecular weight is 670 g/mol. The third-order valence-electron chi connectivity index (χ3n) is 7.76. The van der Waals surface area contributed by atoms with Gasteiger partial charge in [-0.2, -0.15) is 0 Å². The molecule has 0 aliphatic carbocycles. The number of hydrogen-bond acceptors (Lipinski definition) is 8. The van der Waals surface area contributed by atoms with E-state index in [2.05, 4.69) is 9.88 Å². The lowest BCUT2D eigenvalue weighted by atomic mass is 10.1. The molecule has 0 N–H and O–H groups in total. The molecule has 0 unspecified atom stereocenters. The molecule has 13 heteroatoms. The predicted molar refractivity (Wildman–Crippen MR) is 172 cm³/mol. The van der Waals surface area contributed by atoms with Crippen LogP contribution >= 0.6 is 23.2 Å².